The van der Waals surface area contributed by atoms with Crippen LogP contribution in [0.5, 0.6) is 0 Å². The molecule has 4 aliphatic rings. The van der Waals surface area contributed by atoms with Gasteiger partial charge in [0.1, 0.15) is 0 Å². The van der Waals surface area contributed by atoms with Crippen molar-refractivity contribution in [1.29, 1.82) is 0 Å². The van der Waals surface area contributed by atoms with Gasteiger partial charge in [0.25, 0.3) is 0 Å². The van der Waals surface area contributed by atoms with Crippen LogP contribution < -0.4 is 0 Å². The summed E-state index contributed by atoms with van der Waals surface area (Å²) in [5, 5.41) is 19.9. The van der Waals surface area contributed by atoms with Gasteiger partial charge in [0.2, 0.25) is 0 Å². The van der Waals surface area contributed by atoms with E-state index in [9.17, 15) is 10.2 Å². The number of aliphatic hydroxyl groups excluding tert-OH is 2. The van der Waals surface area contributed by atoms with Crippen molar-refractivity contribution in [1.82, 2.24) is 0 Å². The maximum absolute atomic E-state index is 10.1. The molecule has 126 valence electrons. The second-order valence-corrected chi connectivity index (χ2v) is 9.87. The van der Waals surface area contributed by atoms with Crippen molar-refractivity contribution in [2.24, 2.45) is 39.9 Å². The molecular formula is C20H34O2. The summed E-state index contributed by atoms with van der Waals surface area (Å²) in [6.07, 6.45) is 12.0. The zero-order valence-electron chi connectivity index (χ0n) is 14.5. The molecule has 2 bridgehead atoms. The second kappa shape index (κ2) is 4.96. The van der Waals surface area contributed by atoms with Gasteiger partial charge in [-0.2, -0.15) is 0 Å². The summed E-state index contributed by atoms with van der Waals surface area (Å²) < 4.78 is 0. The van der Waals surface area contributed by atoms with E-state index in [4.69, 9.17) is 0 Å². The first kappa shape index (κ1) is 15.4. The monoisotopic (exact) mass is 306 g/mol. The molecule has 4 rings (SSSR count). The van der Waals surface area contributed by atoms with Crippen molar-refractivity contribution in [3.63, 3.8) is 0 Å². The molecule has 4 saturated carbocycles. The maximum Gasteiger partial charge on any atom is 0.0487 e. The lowest BCUT2D eigenvalue weighted by molar-refractivity contribution is -0.159. The summed E-state index contributed by atoms with van der Waals surface area (Å²) in [6, 6.07) is 0. The van der Waals surface area contributed by atoms with Crippen molar-refractivity contribution < 1.29 is 10.2 Å². The van der Waals surface area contributed by atoms with Gasteiger partial charge in [-0.3, -0.25) is 0 Å². The molecular weight excluding hydrogens is 272 g/mol. The Morgan fingerprint density at radius 2 is 1.73 bits per heavy atom. The fourth-order valence-corrected chi connectivity index (χ4v) is 8.13. The molecule has 4 aliphatic carbocycles. The SMILES string of the molecule is C[C@]1(CO)CCC[C@]2(C)[C@@H]1CC[C@]13C[C@@H](CO)[C@H](CC[C@H]12)C3. The van der Waals surface area contributed by atoms with E-state index in [1.54, 1.807) is 0 Å². The van der Waals surface area contributed by atoms with Crippen LogP contribution >= 0.6 is 0 Å². The van der Waals surface area contributed by atoms with Crippen LogP contribution in [0.4, 0.5) is 0 Å². The summed E-state index contributed by atoms with van der Waals surface area (Å²) >= 11 is 0. The smallest absolute Gasteiger partial charge is 0.0487 e. The largest absolute Gasteiger partial charge is 0.396 e. The van der Waals surface area contributed by atoms with Crippen molar-refractivity contribution in [3.8, 4) is 0 Å². The molecule has 22 heavy (non-hydrogen) atoms. The molecule has 0 aromatic rings. The van der Waals surface area contributed by atoms with E-state index in [1.165, 1.54) is 57.8 Å². The number of hydrogen-bond acceptors (Lipinski definition) is 2. The molecule has 7 atom stereocenters. The maximum atomic E-state index is 10.1. The van der Waals surface area contributed by atoms with Gasteiger partial charge >= 0.3 is 0 Å². The Hall–Kier alpha value is -0.0800. The molecule has 2 heteroatoms. The molecule has 4 fully saturated rings. The summed E-state index contributed by atoms with van der Waals surface area (Å²) in [7, 11) is 0. The third kappa shape index (κ3) is 1.86. The highest BCUT2D eigenvalue weighted by Gasteiger charge is 2.64. The van der Waals surface area contributed by atoms with Crippen molar-refractivity contribution in [2.45, 2.75) is 71.6 Å². The Labute approximate surface area is 135 Å². The van der Waals surface area contributed by atoms with Crippen molar-refractivity contribution in [2.75, 3.05) is 13.2 Å². The third-order valence-electron chi connectivity index (χ3n) is 8.99. The van der Waals surface area contributed by atoms with Crippen LogP contribution in [0.3, 0.4) is 0 Å². The molecule has 2 nitrogen and oxygen atoms in total. The zero-order chi connectivity index (χ0) is 15.6. The molecule has 0 unspecified atom stereocenters. The lowest BCUT2D eigenvalue weighted by atomic mass is 9.41. The van der Waals surface area contributed by atoms with Crippen LogP contribution in [0.2, 0.25) is 0 Å². The predicted octanol–water partition coefficient (Wildman–Crippen LogP) is 4.00. The average molecular weight is 306 g/mol. The highest BCUT2D eigenvalue weighted by Crippen LogP contribution is 2.72. The summed E-state index contributed by atoms with van der Waals surface area (Å²) in [6.45, 7) is 5.70. The lowest BCUT2D eigenvalue weighted by Crippen LogP contribution is -2.57. The Bertz CT molecular complexity index is 449. The average Bonchev–Trinajstić information content (AvgIpc) is 2.77. The number of rotatable bonds is 2. The highest BCUT2D eigenvalue weighted by atomic mass is 16.3. The van der Waals surface area contributed by atoms with E-state index >= 15 is 0 Å². The minimum atomic E-state index is 0.153. The second-order valence-electron chi connectivity index (χ2n) is 9.87. The molecule has 1 spiro atoms. The first-order chi connectivity index (χ1) is 10.5. The molecule has 2 N–H and O–H groups in total. The molecule has 0 aromatic carbocycles. The number of aliphatic hydroxyl groups is 2. The zero-order valence-corrected chi connectivity index (χ0v) is 14.5. The molecule has 0 radical (unpaired) electrons. The quantitative estimate of drug-likeness (QED) is 0.809. The highest BCUT2D eigenvalue weighted by molar-refractivity contribution is 5.13. The molecule has 0 aliphatic heterocycles. The van der Waals surface area contributed by atoms with Crippen LogP contribution in [-0.4, -0.2) is 23.4 Å². The topological polar surface area (TPSA) is 40.5 Å². The van der Waals surface area contributed by atoms with Crippen LogP contribution in [0.1, 0.15) is 71.6 Å². The van der Waals surface area contributed by atoms with E-state index in [2.05, 4.69) is 13.8 Å². The predicted molar refractivity (Wildman–Crippen MR) is 88.3 cm³/mol. The first-order valence-electron chi connectivity index (χ1n) is 9.69. The molecule has 0 saturated heterocycles. The fourth-order valence-electron chi connectivity index (χ4n) is 8.13. The lowest BCUT2D eigenvalue weighted by Gasteiger charge is -2.64. The van der Waals surface area contributed by atoms with Gasteiger partial charge in [-0.15, -0.1) is 0 Å². The molecule has 0 heterocycles. The van der Waals surface area contributed by atoms with Gasteiger partial charge in [-0.1, -0.05) is 20.3 Å². The van der Waals surface area contributed by atoms with Gasteiger partial charge in [0.05, 0.1) is 0 Å². The van der Waals surface area contributed by atoms with E-state index in [0.29, 0.717) is 35.9 Å². The summed E-state index contributed by atoms with van der Waals surface area (Å²) in [4.78, 5) is 0. The van der Waals surface area contributed by atoms with Crippen molar-refractivity contribution >= 4 is 0 Å². The van der Waals surface area contributed by atoms with Crippen LogP contribution in [0, 0.1) is 39.9 Å². The molecule has 0 amide bonds. The number of fused-ring (bicyclic) bond motifs is 3. The third-order valence-corrected chi connectivity index (χ3v) is 8.99. The van der Waals surface area contributed by atoms with Gasteiger partial charge in [0, 0.05) is 13.2 Å². The van der Waals surface area contributed by atoms with Gasteiger partial charge in [-0.05, 0) is 91.3 Å². The van der Waals surface area contributed by atoms with Gasteiger partial charge < -0.3 is 10.2 Å². The standard InChI is InChI=1S/C20H34O2/c1-18(13-22)7-3-8-19(2)16(18)6-9-20-10-14(4-5-17(19)20)15(11-20)12-21/h14-17,21-22H,3-13H2,1-2H3/t14-,15+,16-,17+,18-,19-,20+/m1/s1. The van der Waals surface area contributed by atoms with Crippen LogP contribution in [0.15, 0.2) is 0 Å². The minimum Gasteiger partial charge on any atom is -0.396 e. The van der Waals surface area contributed by atoms with E-state index in [0.717, 1.165) is 11.8 Å². The summed E-state index contributed by atoms with van der Waals surface area (Å²) in [5.74, 6) is 2.93. The van der Waals surface area contributed by atoms with Gasteiger partial charge in [0.15, 0.2) is 0 Å². The Kier molecular flexibility index (Phi) is 3.48. The Morgan fingerprint density at radius 1 is 0.909 bits per heavy atom. The minimum absolute atomic E-state index is 0.153. The van der Waals surface area contributed by atoms with Gasteiger partial charge in [-0.25, -0.2) is 0 Å². The Morgan fingerprint density at radius 3 is 2.45 bits per heavy atom. The summed E-state index contributed by atoms with van der Waals surface area (Å²) in [5.41, 5.74) is 1.12. The van der Waals surface area contributed by atoms with Crippen molar-refractivity contribution in [3.05, 3.63) is 0 Å². The first-order valence-corrected chi connectivity index (χ1v) is 9.69. The fraction of sp³-hybridized carbons (Fsp3) is 1.00. The van der Waals surface area contributed by atoms with E-state index in [1.807, 2.05) is 0 Å². The van der Waals surface area contributed by atoms with E-state index in [-0.39, 0.29) is 5.41 Å². The molecule has 0 aromatic heterocycles. The Balaban J connectivity index is 1.69. The van der Waals surface area contributed by atoms with E-state index < -0.39 is 0 Å². The van der Waals surface area contributed by atoms with Crippen LogP contribution in [-0.2, 0) is 0 Å². The number of hydrogen-bond donors (Lipinski definition) is 2. The van der Waals surface area contributed by atoms with Crippen LogP contribution in [0.25, 0.3) is 0 Å². The normalized spacial score (nSPS) is 57.3.